The molecule has 0 saturated carbocycles. The largest absolute Gasteiger partial charge is 0.486 e. The zero-order valence-corrected chi connectivity index (χ0v) is 11.8. The summed E-state index contributed by atoms with van der Waals surface area (Å²) >= 11 is 3.32. The minimum atomic E-state index is -0.319. The van der Waals surface area contributed by atoms with Crippen LogP contribution in [0, 0.1) is 5.82 Å². The van der Waals surface area contributed by atoms with E-state index >= 15 is 0 Å². The molecule has 3 nitrogen and oxygen atoms in total. The van der Waals surface area contributed by atoms with Crippen LogP contribution in [0.15, 0.2) is 34.9 Å². The Morgan fingerprint density at radius 1 is 1.39 bits per heavy atom. The zero-order valence-electron chi connectivity index (χ0n) is 10.2. The highest BCUT2D eigenvalue weighted by Crippen LogP contribution is 2.26. The second-order valence-electron chi connectivity index (χ2n) is 4.24. The fourth-order valence-corrected chi connectivity index (χ4v) is 1.84. The van der Waals surface area contributed by atoms with E-state index in [0.717, 1.165) is 10.2 Å². The molecule has 0 fully saturated rings. The topological polar surface area (TPSA) is 27.1 Å². The molecule has 96 valence electrons. The number of halogens is 2. The third-order valence-corrected chi connectivity index (χ3v) is 3.12. The lowest BCUT2D eigenvalue weighted by atomic mass is 10.3. The predicted molar refractivity (Wildman–Crippen MR) is 71.0 cm³/mol. The summed E-state index contributed by atoms with van der Waals surface area (Å²) in [4.78, 5) is 0. The molecule has 0 aliphatic carbocycles. The van der Waals surface area contributed by atoms with Gasteiger partial charge in [0, 0.05) is 18.3 Å². The van der Waals surface area contributed by atoms with Crippen LogP contribution in [0.5, 0.6) is 5.75 Å². The van der Waals surface area contributed by atoms with Crippen molar-refractivity contribution in [3.05, 3.63) is 46.4 Å². The highest BCUT2D eigenvalue weighted by molar-refractivity contribution is 9.10. The van der Waals surface area contributed by atoms with Gasteiger partial charge < -0.3 is 4.74 Å². The van der Waals surface area contributed by atoms with E-state index in [1.54, 1.807) is 6.07 Å². The maximum absolute atomic E-state index is 13.1. The fourth-order valence-electron chi connectivity index (χ4n) is 1.48. The molecule has 1 aromatic heterocycles. The van der Waals surface area contributed by atoms with Crippen LogP contribution in [0.3, 0.4) is 0 Å². The zero-order chi connectivity index (χ0) is 13.1. The normalized spacial score (nSPS) is 10.9. The lowest BCUT2D eigenvalue weighted by Gasteiger charge is -2.07. The predicted octanol–water partition coefficient (Wildman–Crippen LogP) is 3.94. The number of hydrogen-bond acceptors (Lipinski definition) is 2. The molecule has 0 N–H and O–H groups in total. The number of benzene rings is 1. The molecule has 5 heteroatoms. The third-order valence-electron chi connectivity index (χ3n) is 2.46. The molecule has 18 heavy (non-hydrogen) atoms. The lowest BCUT2D eigenvalue weighted by molar-refractivity contribution is 0.295. The van der Waals surface area contributed by atoms with E-state index in [2.05, 4.69) is 34.9 Å². The summed E-state index contributed by atoms with van der Waals surface area (Å²) in [6.07, 6.45) is 1.91. The Bertz CT molecular complexity index is 540. The van der Waals surface area contributed by atoms with Crippen molar-refractivity contribution in [3.63, 3.8) is 0 Å². The molecular formula is C13H14BrFN2O. The molecule has 0 aliphatic rings. The second kappa shape index (κ2) is 5.52. The Morgan fingerprint density at radius 2 is 2.17 bits per heavy atom. The molecule has 0 aliphatic heterocycles. The average molecular weight is 313 g/mol. The first kappa shape index (κ1) is 13.1. The van der Waals surface area contributed by atoms with E-state index in [-0.39, 0.29) is 5.82 Å². The summed E-state index contributed by atoms with van der Waals surface area (Å²) < 4.78 is 21.2. The molecule has 0 unspecified atom stereocenters. The van der Waals surface area contributed by atoms with E-state index in [9.17, 15) is 4.39 Å². The van der Waals surface area contributed by atoms with E-state index in [0.29, 0.717) is 18.4 Å². The Labute approximate surface area is 114 Å². The summed E-state index contributed by atoms with van der Waals surface area (Å²) in [6, 6.07) is 6.57. The maximum atomic E-state index is 13.1. The van der Waals surface area contributed by atoms with Gasteiger partial charge in [-0.2, -0.15) is 5.10 Å². The van der Waals surface area contributed by atoms with Crippen LogP contribution in [0.2, 0.25) is 0 Å². The van der Waals surface area contributed by atoms with Gasteiger partial charge in [-0.3, -0.25) is 4.68 Å². The van der Waals surface area contributed by atoms with Gasteiger partial charge >= 0.3 is 0 Å². The van der Waals surface area contributed by atoms with E-state index in [4.69, 9.17) is 4.74 Å². The van der Waals surface area contributed by atoms with Gasteiger partial charge in [-0.25, -0.2) is 4.39 Å². The van der Waals surface area contributed by atoms with Gasteiger partial charge in [-0.15, -0.1) is 0 Å². The molecular weight excluding hydrogens is 299 g/mol. The molecule has 0 amide bonds. The molecule has 1 heterocycles. The van der Waals surface area contributed by atoms with Crippen molar-refractivity contribution in [2.45, 2.75) is 26.5 Å². The number of hydrogen-bond donors (Lipinski definition) is 0. The van der Waals surface area contributed by atoms with E-state index < -0.39 is 0 Å². The molecule has 0 atom stereocenters. The monoisotopic (exact) mass is 312 g/mol. The van der Waals surface area contributed by atoms with Gasteiger partial charge in [0.25, 0.3) is 0 Å². The number of ether oxygens (including phenoxy) is 1. The van der Waals surface area contributed by atoms with E-state index in [1.165, 1.54) is 12.1 Å². The van der Waals surface area contributed by atoms with Crippen LogP contribution in [0.25, 0.3) is 0 Å². The number of rotatable bonds is 4. The van der Waals surface area contributed by atoms with Gasteiger partial charge in [0.1, 0.15) is 18.2 Å². The summed E-state index contributed by atoms with van der Waals surface area (Å²) in [6.45, 7) is 4.43. The van der Waals surface area contributed by atoms with Gasteiger partial charge in [0.05, 0.1) is 10.2 Å². The highest BCUT2D eigenvalue weighted by atomic mass is 79.9. The standard InChI is InChI=1S/C13H14BrFN2O/c1-9(2)17-6-5-11(16-17)8-18-13-7-10(15)3-4-12(13)14/h3-7,9H,8H2,1-2H3. The van der Waals surface area contributed by atoms with Crippen LogP contribution in [-0.4, -0.2) is 9.78 Å². The van der Waals surface area contributed by atoms with Gasteiger partial charge in [0.15, 0.2) is 0 Å². The molecule has 0 saturated heterocycles. The van der Waals surface area contributed by atoms with Crippen molar-refractivity contribution >= 4 is 15.9 Å². The van der Waals surface area contributed by atoms with Crippen molar-refractivity contribution in [2.75, 3.05) is 0 Å². The average Bonchev–Trinajstić information content (AvgIpc) is 2.79. The van der Waals surface area contributed by atoms with Crippen LogP contribution in [-0.2, 0) is 6.61 Å². The SMILES string of the molecule is CC(C)n1ccc(COc2cc(F)ccc2Br)n1. The second-order valence-corrected chi connectivity index (χ2v) is 5.10. The number of nitrogens with zero attached hydrogens (tertiary/aromatic N) is 2. The Morgan fingerprint density at radius 3 is 2.83 bits per heavy atom. The van der Waals surface area contributed by atoms with Crippen molar-refractivity contribution in [2.24, 2.45) is 0 Å². The lowest BCUT2D eigenvalue weighted by Crippen LogP contribution is -2.03. The molecule has 2 aromatic rings. The van der Waals surface area contributed by atoms with Crippen molar-refractivity contribution in [3.8, 4) is 5.75 Å². The summed E-state index contributed by atoms with van der Waals surface area (Å²) in [7, 11) is 0. The number of aromatic nitrogens is 2. The minimum absolute atomic E-state index is 0.319. The first-order valence-corrected chi connectivity index (χ1v) is 6.47. The van der Waals surface area contributed by atoms with Crippen molar-refractivity contribution in [1.82, 2.24) is 9.78 Å². The minimum Gasteiger partial charge on any atom is -0.486 e. The van der Waals surface area contributed by atoms with E-state index in [1.807, 2.05) is 16.9 Å². The Hall–Kier alpha value is -1.36. The third kappa shape index (κ3) is 3.10. The molecule has 1 aromatic carbocycles. The highest BCUT2D eigenvalue weighted by Gasteiger charge is 2.06. The van der Waals surface area contributed by atoms with Crippen molar-refractivity contribution in [1.29, 1.82) is 0 Å². The van der Waals surface area contributed by atoms with Crippen LogP contribution < -0.4 is 4.74 Å². The first-order valence-electron chi connectivity index (χ1n) is 5.68. The fraction of sp³-hybridized carbons (Fsp3) is 0.308. The smallest absolute Gasteiger partial charge is 0.136 e. The van der Waals surface area contributed by atoms with Gasteiger partial charge in [-0.05, 0) is 48.0 Å². The maximum Gasteiger partial charge on any atom is 0.136 e. The molecule has 2 rings (SSSR count). The molecule has 0 bridgehead atoms. The van der Waals surface area contributed by atoms with Crippen LogP contribution in [0.1, 0.15) is 25.6 Å². The summed E-state index contributed by atoms with van der Waals surface area (Å²) in [5.41, 5.74) is 0.819. The summed E-state index contributed by atoms with van der Waals surface area (Å²) in [5.74, 6) is 0.162. The Balaban J connectivity index is 2.04. The first-order chi connectivity index (χ1) is 8.56. The van der Waals surface area contributed by atoms with Crippen LogP contribution in [0.4, 0.5) is 4.39 Å². The molecule has 0 radical (unpaired) electrons. The van der Waals surface area contributed by atoms with Crippen molar-refractivity contribution < 1.29 is 9.13 Å². The quantitative estimate of drug-likeness (QED) is 0.855. The van der Waals surface area contributed by atoms with Gasteiger partial charge in [-0.1, -0.05) is 0 Å². The summed E-state index contributed by atoms with van der Waals surface area (Å²) in [5, 5.41) is 4.36. The molecule has 0 spiro atoms. The Kier molecular flexibility index (Phi) is 4.01. The van der Waals surface area contributed by atoms with Crippen LogP contribution >= 0.6 is 15.9 Å². The van der Waals surface area contributed by atoms with Gasteiger partial charge in [0.2, 0.25) is 0 Å².